The predicted octanol–water partition coefficient (Wildman–Crippen LogP) is 3.50. The first-order valence-corrected chi connectivity index (χ1v) is 11.0. The van der Waals surface area contributed by atoms with Crippen molar-refractivity contribution in [3.8, 4) is 0 Å². The number of alkyl halides is 13. The van der Waals surface area contributed by atoms with Gasteiger partial charge in [0, 0.05) is 13.0 Å². The highest BCUT2D eigenvalue weighted by atomic mass is 127. The zero-order chi connectivity index (χ0) is 27.3. The van der Waals surface area contributed by atoms with Crippen LogP contribution in [0.2, 0.25) is 0 Å². The van der Waals surface area contributed by atoms with E-state index in [1.165, 1.54) is 11.1 Å². The fourth-order valence-electron chi connectivity index (χ4n) is 3.49. The van der Waals surface area contributed by atoms with Gasteiger partial charge in [0.1, 0.15) is 6.20 Å². The van der Waals surface area contributed by atoms with Gasteiger partial charge in [-0.1, -0.05) is 32.6 Å². The van der Waals surface area contributed by atoms with E-state index in [0.717, 1.165) is 43.4 Å². The van der Waals surface area contributed by atoms with Gasteiger partial charge in [0.2, 0.25) is 0 Å². The Bertz CT molecular complexity index is 696. The number of quaternary nitrogens is 1. The zero-order valence-electron chi connectivity index (χ0n) is 19.2. The Labute approximate surface area is 217 Å². The van der Waals surface area contributed by atoms with Crippen LogP contribution in [0.1, 0.15) is 58.3 Å². The minimum Gasteiger partial charge on any atom is -1.00 e. The number of halogens is 14. The van der Waals surface area contributed by atoms with Gasteiger partial charge in [-0.25, -0.2) is 0 Å². The van der Waals surface area contributed by atoms with Crippen molar-refractivity contribution in [1.82, 2.24) is 4.90 Å². The average Bonchev–Trinajstić information content (AvgIpc) is 3.16. The molecule has 1 aliphatic heterocycles. The van der Waals surface area contributed by atoms with Gasteiger partial charge in [-0.05, 0) is 19.3 Å². The van der Waals surface area contributed by atoms with Gasteiger partial charge < -0.3 is 28.9 Å². The van der Waals surface area contributed by atoms with Crippen LogP contribution in [0.3, 0.4) is 0 Å². The molecule has 0 aliphatic carbocycles. The fraction of sp³-hybridized carbons (Fsp3) is 0.900. The summed E-state index contributed by atoms with van der Waals surface area (Å²) >= 11 is 0. The highest BCUT2D eigenvalue weighted by Crippen LogP contribution is 2.60. The quantitative estimate of drug-likeness (QED) is 0.160. The molecule has 36 heavy (non-hydrogen) atoms. The first-order chi connectivity index (χ1) is 15.8. The molecule has 0 aromatic heterocycles. The van der Waals surface area contributed by atoms with Gasteiger partial charge in [-0.15, -0.1) is 0 Å². The summed E-state index contributed by atoms with van der Waals surface area (Å²) in [6.45, 7) is 2.60. The SMILES string of the molecule is CCCCCCCC[NH+]1C=CN(CCCC(F)(F)C(F)(F)C(F)(F)C(F)(F)C(F)(F)C(F)(F)F)C1.[I-]. The second kappa shape index (κ2) is 12.9. The molecule has 0 saturated carbocycles. The van der Waals surface area contributed by atoms with E-state index in [1.807, 2.05) is 0 Å². The monoisotopic (exact) mass is 670 g/mol. The molecule has 1 atom stereocenters. The van der Waals surface area contributed by atoms with Crippen molar-refractivity contribution in [1.29, 1.82) is 0 Å². The van der Waals surface area contributed by atoms with Gasteiger partial charge in [-0.2, -0.15) is 57.1 Å². The summed E-state index contributed by atoms with van der Waals surface area (Å²) in [6, 6.07) is 0. The molecule has 0 saturated heterocycles. The van der Waals surface area contributed by atoms with E-state index in [0.29, 0.717) is 6.54 Å². The number of unbranched alkanes of at least 4 members (excludes halogenated alkanes) is 5. The number of hydrogen-bond acceptors (Lipinski definition) is 1. The molecule has 0 bridgehead atoms. The van der Waals surface area contributed by atoms with E-state index in [1.54, 1.807) is 6.20 Å². The van der Waals surface area contributed by atoms with E-state index >= 15 is 0 Å². The number of nitrogens with zero attached hydrogens (tertiary/aromatic N) is 1. The van der Waals surface area contributed by atoms with Crippen LogP contribution in [0, 0.1) is 0 Å². The molecule has 0 fully saturated rings. The summed E-state index contributed by atoms with van der Waals surface area (Å²) in [6.07, 6.45) is -1.25. The van der Waals surface area contributed by atoms with Crippen LogP contribution in [0.4, 0.5) is 57.1 Å². The smallest absolute Gasteiger partial charge is 0.460 e. The topological polar surface area (TPSA) is 7.68 Å². The molecule has 1 heterocycles. The lowest BCUT2D eigenvalue weighted by molar-refractivity contribution is -0.849. The Kier molecular flexibility index (Phi) is 12.7. The molecular weight excluding hydrogens is 642 g/mol. The Morgan fingerprint density at radius 3 is 1.69 bits per heavy atom. The number of nitrogens with one attached hydrogen (secondary N) is 1. The summed E-state index contributed by atoms with van der Waals surface area (Å²) < 4.78 is 170. The Balaban J connectivity index is 0.0000122. The van der Waals surface area contributed by atoms with Crippen LogP contribution in [0.25, 0.3) is 0 Å². The van der Waals surface area contributed by atoms with Crippen molar-refractivity contribution in [3.63, 3.8) is 0 Å². The van der Waals surface area contributed by atoms with Crippen molar-refractivity contribution in [2.24, 2.45) is 0 Å². The number of hydrogen-bond donors (Lipinski definition) is 1. The van der Waals surface area contributed by atoms with Crippen LogP contribution < -0.4 is 28.9 Å². The maximum Gasteiger partial charge on any atom is 0.460 e. The average molecular weight is 670 g/mol. The van der Waals surface area contributed by atoms with Gasteiger partial charge >= 0.3 is 35.8 Å². The van der Waals surface area contributed by atoms with Crippen LogP contribution in [0.5, 0.6) is 0 Å². The molecule has 0 aromatic carbocycles. The lowest BCUT2D eigenvalue weighted by Gasteiger charge is -2.39. The Morgan fingerprint density at radius 1 is 0.667 bits per heavy atom. The van der Waals surface area contributed by atoms with E-state index in [9.17, 15) is 57.1 Å². The largest absolute Gasteiger partial charge is 1.00 e. The minimum atomic E-state index is -7.84. The van der Waals surface area contributed by atoms with Gasteiger partial charge in [-0.3, -0.25) is 4.90 Å². The maximum atomic E-state index is 13.8. The summed E-state index contributed by atoms with van der Waals surface area (Å²) in [5.74, 6) is -36.5. The van der Waals surface area contributed by atoms with Crippen LogP contribution in [0.15, 0.2) is 12.4 Å². The van der Waals surface area contributed by atoms with E-state index < -0.39 is 48.6 Å². The lowest BCUT2D eigenvalue weighted by Crippen LogP contribution is -3.07. The highest BCUT2D eigenvalue weighted by molar-refractivity contribution is 5.10. The van der Waals surface area contributed by atoms with Crippen LogP contribution >= 0.6 is 0 Å². The Morgan fingerprint density at radius 2 is 1.17 bits per heavy atom. The molecule has 0 amide bonds. The van der Waals surface area contributed by atoms with Crippen molar-refractivity contribution in [3.05, 3.63) is 12.4 Å². The molecule has 1 unspecified atom stereocenters. The highest BCUT2D eigenvalue weighted by Gasteiger charge is 2.90. The van der Waals surface area contributed by atoms with Crippen molar-refractivity contribution < 1.29 is 86.0 Å². The third-order valence-corrected chi connectivity index (χ3v) is 5.71. The standard InChI is InChI=1S/C20H27F13N2.HI/c1-2-3-4-5-6-7-10-34-12-13-35(14-34)11-8-9-15(21,22)16(23,24)17(25,26)18(27,28)19(29,30)20(31,32)33;/h12-13H,2-11,14H2,1H3;1H. The van der Waals surface area contributed by atoms with Crippen molar-refractivity contribution in [2.45, 2.75) is 94.1 Å². The third kappa shape index (κ3) is 7.46. The predicted molar refractivity (Wildman–Crippen MR) is 99.9 cm³/mol. The molecular formula is C20H28F13IN2. The molecule has 1 rings (SSSR count). The van der Waals surface area contributed by atoms with E-state index in [-0.39, 0.29) is 37.2 Å². The summed E-state index contributed by atoms with van der Waals surface area (Å²) in [5.41, 5.74) is 0. The lowest BCUT2D eigenvalue weighted by atomic mass is 9.92. The molecule has 216 valence electrons. The molecule has 0 spiro atoms. The molecule has 1 aliphatic rings. The number of rotatable bonds is 15. The van der Waals surface area contributed by atoms with Gasteiger partial charge in [0.15, 0.2) is 6.67 Å². The molecule has 0 radical (unpaired) electrons. The van der Waals surface area contributed by atoms with E-state index in [2.05, 4.69) is 6.92 Å². The molecule has 0 aromatic rings. The summed E-state index contributed by atoms with van der Waals surface area (Å²) in [4.78, 5) is 2.28. The molecule has 16 heteroatoms. The van der Waals surface area contributed by atoms with E-state index in [4.69, 9.17) is 0 Å². The maximum absolute atomic E-state index is 13.8. The molecule has 2 nitrogen and oxygen atoms in total. The van der Waals surface area contributed by atoms with Crippen molar-refractivity contribution in [2.75, 3.05) is 19.8 Å². The first-order valence-electron chi connectivity index (χ1n) is 11.0. The van der Waals surface area contributed by atoms with Crippen LogP contribution in [-0.4, -0.2) is 60.4 Å². The fourth-order valence-corrected chi connectivity index (χ4v) is 3.49. The van der Waals surface area contributed by atoms with Crippen molar-refractivity contribution >= 4 is 0 Å². The Hall–Kier alpha value is -0.680. The molecule has 1 N–H and O–H groups in total. The summed E-state index contributed by atoms with van der Waals surface area (Å²) in [7, 11) is 0. The van der Waals surface area contributed by atoms with Crippen LogP contribution in [-0.2, 0) is 0 Å². The normalized spacial score (nSPS) is 18.1. The van der Waals surface area contributed by atoms with Gasteiger partial charge in [0.25, 0.3) is 0 Å². The zero-order valence-corrected chi connectivity index (χ0v) is 21.3. The second-order valence-corrected chi connectivity index (χ2v) is 8.57. The minimum absolute atomic E-state index is 0. The van der Waals surface area contributed by atoms with Gasteiger partial charge in [0.05, 0.1) is 12.7 Å². The first kappa shape index (κ1) is 35.3. The summed E-state index contributed by atoms with van der Waals surface area (Å²) in [5, 5.41) is 0. The third-order valence-electron chi connectivity index (χ3n) is 5.71. The second-order valence-electron chi connectivity index (χ2n) is 8.57.